The largest absolute Gasteiger partial charge is 0.331 e. The lowest BCUT2D eigenvalue weighted by atomic mass is 9.95. The van der Waals surface area contributed by atoms with Gasteiger partial charge in [-0.15, -0.1) is 0 Å². The average Bonchev–Trinajstić information content (AvgIpc) is 2.74. The molecule has 2 heterocycles. The molecule has 88 valence electrons. The molecule has 1 aromatic carbocycles. The van der Waals surface area contributed by atoms with Gasteiger partial charge < -0.3 is 5.32 Å². The SMILES string of the molecule is O=C1NC(=O)C2NNC(c3ccccc3)C2N1. The van der Waals surface area contributed by atoms with Crippen molar-refractivity contribution >= 4 is 11.9 Å². The Morgan fingerprint density at radius 3 is 2.41 bits per heavy atom. The predicted octanol–water partition coefficient (Wildman–Crippen LogP) is -0.588. The Kier molecular flexibility index (Phi) is 2.31. The second-order valence-corrected chi connectivity index (χ2v) is 4.14. The molecule has 3 atom stereocenters. The summed E-state index contributed by atoms with van der Waals surface area (Å²) >= 11 is 0. The third kappa shape index (κ3) is 1.67. The molecule has 3 rings (SSSR count). The first kappa shape index (κ1) is 10.2. The van der Waals surface area contributed by atoms with Crippen LogP contribution in [0.1, 0.15) is 11.6 Å². The van der Waals surface area contributed by atoms with Crippen molar-refractivity contribution in [2.45, 2.75) is 18.1 Å². The molecule has 17 heavy (non-hydrogen) atoms. The van der Waals surface area contributed by atoms with Gasteiger partial charge in [-0.05, 0) is 5.56 Å². The lowest BCUT2D eigenvalue weighted by Crippen LogP contribution is -2.62. The number of carbonyl (C=O) groups excluding carboxylic acids is 2. The first-order valence-corrected chi connectivity index (χ1v) is 5.43. The lowest BCUT2D eigenvalue weighted by molar-refractivity contribution is -0.123. The first-order valence-electron chi connectivity index (χ1n) is 5.43. The monoisotopic (exact) mass is 232 g/mol. The van der Waals surface area contributed by atoms with Crippen molar-refractivity contribution in [1.29, 1.82) is 0 Å². The van der Waals surface area contributed by atoms with Crippen LogP contribution < -0.4 is 21.5 Å². The average molecular weight is 232 g/mol. The van der Waals surface area contributed by atoms with Crippen molar-refractivity contribution in [2.24, 2.45) is 0 Å². The minimum Gasteiger partial charge on any atom is -0.331 e. The number of fused-ring (bicyclic) bond motifs is 1. The molecule has 0 radical (unpaired) electrons. The maximum atomic E-state index is 11.6. The third-order valence-electron chi connectivity index (χ3n) is 3.09. The van der Waals surface area contributed by atoms with Gasteiger partial charge in [0, 0.05) is 0 Å². The molecule has 2 aliphatic heterocycles. The number of hydrogen-bond donors (Lipinski definition) is 4. The van der Waals surface area contributed by atoms with Crippen LogP contribution in [0.5, 0.6) is 0 Å². The second-order valence-electron chi connectivity index (χ2n) is 4.14. The van der Waals surface area contributed by atoms with Crippen molar-refractivity contribution in [3.05, 3.63) is 35.9 Å². The fourth-order valence-corrected chi connectivity index (χ4v) is 2.28. The van der Waals surface area contributed by atoms with E-state index in [4.69, 9.17) is 0 Å². The zero-order valence-corrected chi connectivity index (χ0v) is 8.94. The van der Waals surface area contributed by atoms with E-state index in [-0.39, 0.29) is 18.0 Å². The Labute approximate surface area is 97.7 Å². The van der Waals surface area contributed by atoms with E-state index >= 15 is 0 Å². The van der Waals surface area contributed by atoms with E-state index in [1.54, 1.807) is 0 Å². The van der Waals surface area contributed by atoms with E-state index in [1.165, 1.54) is 0 Å². The molecular formula is C11H12N4O2. The highest BCUT2D eigenvalue weighted by Gasteiger charge is 2.45. The van der Waals surface area contributed by atoms with Crippen LogP contribution >= 0.6 is 0 Å². The Balaban J connectivity index is 1.89. The number of imide groups is 1. The number of benzene rings is 1. The van der Waals surface area contributed by atoms with Gasteiger partial charge in [0.05, 0.1) is 12.1 Å². The first-order chi connectivity index (χ1) is 8.25. The van der Waals surface area contributed by atoms with Gasteiger partial charge in [-0.2, -0.15) is 0 Å². The van der Waals surface area contributed by atoms with E-state index in [0.29, 0.717) is 0 Å². The van der Waals surface area contributed by atoms with Crippen molar-refractivity contribution in [2.75, 3.05) is 0 Å². The van der Waals surface area contributed by atoms with Crippen LogP contribution in [0.2, 0.25) is 0 Å². The smallest absolute Gasteiger partial charge is 0.321 e. The van der Waals surface area contributed by atoms with Crippen LogP contribution in [0.15, 0.2) is 30.3 Å². The molecule has 2 fully saturated rings. The second kappa shape index (κ2) is 3.83. The molecule has 2 saturated heterocycles. The minimum absolute atomic E-state index is 0.101. The molecule has 6 heteroatoms. The molecule has 0 spiro atoms. The molecule has 0 bridgehead atoms. The topological polar surface area (TPSA) is 82.3 Å². The molecule has 0 aliphatic carbocycles. The predicted molar refractivity (Wildman–Crippen MR) is 59.7 cm³/mol. The molecular weight excluding hydrogens is 220 g/mol. The van der Waals surface area contributed by atoms with Crippen LogP contribution in [0, 0.1) is 0 Å². The number of nitrogens with one attached hydrogen (secondary N) is 4. The van der Waals surface area contributed by atoms with Gasteiger partial charge in [0.2, 0.25) is 5.91 Å². The van der Waals surface area contributed by atoms with E-state index in [9.17, 15) is 9.59 Å². The number of carbonyl (C=O) groups is 2. The van der Waals surface area contributed by atoms with Crippen molar-refractivity contribution in [3.63, 3.8) is 0 Å². The van der Waals surface area contributed by atoms with E-state index < -0.39 is 12.1 Å². The molecule has 4 N–H and O–H groups in total. The highest BCUT2D eigenvalue weighted by molar-refractivity contribution is 6.00. The van der Waals surface area contributed by atoms with Gasteiger partial charge in [0.1, 0.15) is 6.04 Å². The Bertz CT molecular complexity index is 462. The summed E-state index contributed by atoms with van der Waals surface area (Å²) in [7, 11) is 0. The summed E-state index contributed by atoms with van der Waals surface area (Å²) in [6, 6.07) is 8.45. The third-order valence-corrected chi connectivity index (χ3v) is 3.09. The quantitative estimate of drug-likeness (QED) is 0.522. The van der Waals surface area contributed by atoms with Gasteiger partial charge in [0.25, 0.3) is 0 Å². The zero-order chi connectivity index (χ0) is 11.8. The van der Waals surface area contributed by atoms with E-state index in [2.05, 4.69) is 21.5 Å². The highest BCUT2D eigenvalue weighted by Crippen LogP contribution is 2.24. The zero-order valence-electron chi connectivity index (χ0n) is 8.94. The summed E-state index contributed by atoms with van der Waals surface area (Å²) in [4.78, 5) is 22.9. The Hall–Kier alpha value is -1.92. The Morgan fingerprint density at radius 1 is 0.941 bits per heavy atom. The normalized spacial score (nSPS) is 31.6. The van der Waals surface area contributed by atoms with Crippen molar-refractivity contribution in [1.82, 2.24) is 21.5 Å². The number of amides is 3. The van der Waals surface area contributed by atoms with E-state index in [1.807, 2.05) is 30.3 Å². The van der Waals surface area contributed by atoms with Crippen molar-refractivity contribution < 1.29 is 9.59 Å². The van der Waals surface area contributed by atoms with Crippen LogP contribution in [-0.4, -0.2) is 24.0 Å². The maximum Gasteiger partial charge on any atom is 0.321 e. The summed E-state index contributed by atoms with van der Waals surface area (Å²) in [6.45, 7) is 0. The molecule has 1 aromatic rings. The van der Waals surface area contributed by atoms with Gasteiger partial charge in [0.15, 0.2) is 0 Å². The number of hydrogen-bond acceptors (Lipinski definition) is 4. The summed E-state index contributed by atoms with van der Waals surface area (Å²) < 4.78 is 0. The molecule has 6 nitrogen and oxygen atoms in total. The fourth-order valence-electron chi connectivity index (χ4n) is 2.28. The van der Waals surface area contributed by atoms with Gasteiger partial charge in [-0.25, -0.2) is 15.6 Å². The number of rotatable bonds is 1. The highest BCUT2D eigenvalue weighted by atomic mass is 16.2. The Morgan fingerprint density at radius 2 is 1.65 bits per heavy atom. The summed E-state index contributed by atoms with van der Waals surface area (Å²) in [5.74, 6) is -0.301. The van der Waals surface area contributed by atoms with Crippen LogP contribution in [0.25, 0.3) is 0 Å². The molecule has 3 unspecified atom stereocenters. The van der Waals surface area contributed by atoms with Crippen LogP contribution in [-0.2, 0) is 4.79 Å². The summed E-state index contributed by atoms with van der Waals surface area (Å²) in [6.07, 6.45) is 0. The standard InChI is InChI=1S/C11H12N4O2/c16-10-9-8(12-11(17)13-10)7(14-15-9)6-4-2-1-3-5-6/h1-5,7-9,14-15H,(H2,12,13,16,17). The number of hydrazine groups is 1. The van der Waals surface area contributed by atoms with Gasteiger partial charge in [-0.3, -0.25) is 10.1 Å². The number of urea groups is 1. The van der Waals surface area contributed by atoms with Crippen molar-refractivity contribution in [3.8, 4) is 0 Å². The van der Waals surface area contributed by atoms with Crippen LogP contribution in [0.3, 0.4) is 0 Å². The molecule has 3 amide bonds. The summed E-state index contributed by atoms with van der Waals surface area (Å²) in [5, 5.41) is 4.99. The van der Waals surface area contributed by atoms with E-state index in [0.717, 1.165) is 5.56 Å². The minimum atomic E-state index is -0.442. The molecule has 0 saturated carbocycles. The lowest BCUT2D eigenvalue weighted by Gasteiger charge is -2.27. The molecule has 0 aromatic heterocycles. The van der Waals surface area contributed by atoms with Gasteiger partial charge in [-0.1, -0.05) is 30.3 Å². The molecule has 2 aliphatic rings. The van der Waals surface area contributed by atoms with Crippen LogP contribution in [0.4, 0.5) is 4.79 Å². The summed E-state index contributed by atoms with van der Waals surface area (Å²) in [5.41, 5.74) is 6.97. The maximum absolute atomic E-state index is 11.6. The van der Waals surface area contributed by atoms with Gasteiger partial charge >= 0.3 is 6.03 Å². The fraction of sp³-hybridized carbons (Fsp3) is 0.273.